The highest BCUT2D eigenvalue weighted by Gasteiger charge is 2.23. The molecule has 0 spiro atoms. The third-order valence-corrected chi connectivity index (χ3v) is 5.72. The molecule has 1 aliphatic heterocycles. The zero-order valence-corrected chi connectivity index (χ0v) is 16.9. The summed E-state index contributed by atoms with van der Waals surface area (Å²) in [7, 11) is -4.31. The van der Waals surface area contributed by atoms with Crippen LogP contribution in [0.5, 0.6) is 5.75 Å². The van der Waals surface area contributed by atoms with Crippen molar-refractivity contribution in [1.29, 1.82) is 0 Å². The van der Waals surface area contributed by atoms with Crippen molar-refractivity contribution in [3.63, 3.8) is 0 Å². The van der Waals surface area contributed by atoms with Gasteiger partial charge in [0.1, 0.15) is 10.6 Å². The van der Waals surface area contributed by atoms with Crippen molar-refractivity contribution in [2.24, 2.45) is 4.99 Å². The van der Waals surface area contributed by atoms with Gasteiger partial charge in [0.2, 0.25) is 5.91 Å². The van der Waals surface area contributed by atoms with Crippen LogP contribution in [0.2, 0.25) is 0 Å². The van der Waals surface area contributed by atoms with Crippen LogP contribution in [0.15, 0.2) is 63.3 Å². The van der Waals surface area contributed by atoms with E-state index in [0.29, 0.717) is 5.56 Å². The van der Waals surface area contributed by atoms with E-state index in [2.05, 4.69) is 10.3 Å². The van der Waals surface area contributed by atoms with Gasteiger partial charge >= 0.3 is 10.1 Å². The minimum absolute atomic E-state index is 0.0469. The largest absolute Gasteiger partial charge is 0.379 e. The number of benzene rings is 2. The predicted molar refractivity (Wildman–Crippen MR) is 109 cm³/mol. The van der Waals surface area contributed by atoms with E-state index < -0.39 is 20.9 Å². The Morgan fingerprint density at radius 2 is 1.97 bits per heavy atom. The number of hydrogen-bond donors (Lipinski definition) is 1. The SMILES string of the molecule is CC(=O)NC1=NC(=O)/C(=C/c2cccc(OS(=O)(=O)c3cccc([N+](=O)[O-])c3)c2)S1. The maximum Gasteiger partial charge on any atom is 0.339 e. The van der Waals surface area contributed by atoms with Gasteiger partial charge in [-0.15, -0.1) is 0 Å². The summed E-state index contributed by atoms with van der Waals surface area (Å²) in [5.74, 6) is -0.953. The summed E-state index contributed by atoms with van der Waals surface area (Å²) < 4.78 is 30.0. The van der Waals surface area contributed by atoms with Gasteiger partial charge in [-0.05, 0) is 41.6 Å². The number of nitrogens with one attached hydrogen (secondary N) is 1. The van der Waals surface area contributed by atoms with Crippen LogP contribution in [0.4, 0.5) is 5.69 Å². The van der Waals surface area contributed by atoms with Crippen molar-refractivity contribution in [1.82, 2.24) is 5.32 Å². The molecule has 3 rings (SSSR count). The fraction of sp³-hybridized carbons (Fsp3) is 0.0556. The zero-order valence-electron chi connectivity index (χ0n) is 15.3. The van der Waals surface area contributed by atoms with Crippen LogP contribution in [0.1, 0.15) is 12.5 Å². The number of aliphatic imine (C=N–C) groups is 1. The lowest BCUT2D eigenvalue weighted by Gasteiger charge is -2.07. The quantitative estimate of drug-likeness (QED) is 0.318. The average molecular weight is 447 g/mol. The summed E-state index contributed by atoms with van der Waals surface area (Å²) in [5.41, 5.74) is 0.0711. The molecule has 0 bridgehead atoms. The molecule has 2 amide bonds. The number of carbonyl (C=O) groups is 2. The first-order chi connectivity index (χ1) is 14.1. The molecule has 154 valence electrons. The van der Waals surface area contributed by atoms with E-state index in [0.717, 1.165) is 17.8 Å². The number of amides is 2. The number of thioether (sulfide) groups is 1. The van der Waals surface area contributed by atoms with Gasteiger partial charge in [0.25, 0.3) is 11.6 Å². The molecular weight excluding hydrogens is 434 g/mol. The molecule has 0 atom stereocenters. The normalized spacial score (nSPS) is 15.0. The van der Waals surface area contributed by atoms with Crippen molar-refractivity contribution < 1.29 is 27.1 Å². The van der Waals surface area contributed by atoms with E-state index in [-0.39, 0.29) is 32.3 Å². The number of carbonyl (C=O) groups excluding carboxylic acids is 2. The lowest BCUT2D eigenvalue weighted by Crippen LogP contribution is -2.23. The molecule has 12 heteroatoms. The number of nitro benzene ring substituents is 1. The van der Waals surface area contributed by atoms with Gasteiger partial charge in [-0.3, -0.25) is 19.7 Å². The van der Waals surface area contributed by atoms with Crippen LogP contribution in [0.3, 0.4) is 0 Å². The van der Waals surface area contributed by atoms with E-state index in [1.54, 1.807) is 6.07 Å². The molecule has 10 nitrogen and oxygen atoms in total. The van der Waals surface area contributed by atoms with Gasteiger partial charge in [-0.25, -0.2) is 0 Å². The highest BCUT2D eigenvalue weighted by molar-refractivity contribution is 8.18. The Labute approximate surface area is 174 Å². The van der Waals surface area contributed by atoms with E-state index in [9.17, 15) is 28.1 Å². The molecule has 30 heavy (non-hydrogen) atoms. The molecule has 0 fully saturated rings. The van der Waals surface area contributed by atoms with Gasteiger partial charge < -0.3 is 9.50 Å². The molecule has 0 saturated carbocycles. The second-order valence-corrected chi connectivity index (χ2v) is 8.46. The molecular formula is C18H13N3O7S2. The smallest absolute Gasteiger partial charge is 0.339 e. The highest BCUT2D eigenvalue weighted by Crippen LogP contribution is 2.29. The van der Waals surface area contributed by atoms with Gasteiger partial charge in [0.15, 0.2) is 5.17 Å². The van der Waals surface area contributed by atoms with E-state index in [1.807, 2.05) is 0 Å². The Kier molecular flexibility index (Phi) is 5.99. The fourth-order valence-electron chi connectivity index (χ4n) is 2.35. The second-order valence-electron chi connectivity index (χ2n) is 5.88. The first-order valence-electron chi connectivity index (χ1n) is 8.23. The molecule has 1 aliphatic rings. The Morgan fingerprint density at radius 1 is 1.23 bits per heavy atom. The zero-order chi connectivity index (χ0) is 21.9. The summed E-state index contributed by atoms with van der Waals surface area (Å²) in [5, 5.41) is 13.4. The summed E-state index contributed by atoms with van der Waals surface area (Å²) in [6.45, 7) is 1.29. The van der Waals surface area contributed by atoms with Crippen LogP contribution in [-0.2, 0) is 19.7 Å². The number of non-ortho nitro benzene ring substituents is 1. The summed E-state index contributed by atoms with van der Waals surface area (Å²) >= 11 is 0.969. The molecule has 2 aromatic rings. The van der Waals surface area contributed by atoms with Crippen LogP contribution >= 0.6 is 11.8 Å². The average Bonchev–Trinajstić information content (AvgIpc) is 2.99. The number of nitro groups is 1. The topological polar surface area (TPSA) is 145 Å². The maximum absolute atomic E-state index is 12.5. The van der Waals surface area contributed by atoms with Gasteiger partial charge in [0.05, 0.1) is 9.83 Å². The fourth-order valence-corrected chi connectivity index (χ4v) is 4.17. The standard InChI is InChI=1S/C18H13N3O7S2/c1-11(22)19-18-20-17(23)16(29-18)9-12-4-2-6-14(8-12)28-30(26,27)15-7-3-5-13(10-15)21(24)25/h2-10H,1H3,(H,19,20,22,23)/b16-9-. The lowest BCUT2D eigenvalue weighted by atomic mass is 10.2. The summed E-state index contributed by atoms with van der Waals surface area (Å²) in [6, 6.07) is 10.4. The van der Waals surface area contributed by atoms with E-state index >= 15 is 0 Å². The van der Waals surface area contributed by atoms with Crippen molar-refractivity contribution in [2.45, 2.75) is 11.8 Å². The monoisotopic (exact) mass is 447 g/mol. The molecule has 2 aromatic carbocycles. The van der Waals surface area contributed by atoms with Crippen molar-refractivity contribution in [2.75, 3.05) is 0 Å². The molecule has 0 unspecified atom stereocenters. The van der Waals surface area contributed by atoms with Crippen LogP contribution in [-0.4, -0.2) is 30.3 Å². The summed E-state index contributed by atoms with van der Waals surface area (Å²) in [4.78, 5) is 36.7. The van der Waals surface area contributed by atoms with E-state index in [1.165, 1.54) is 49.4 Å². The lowest BCUT2D eigenvalue weighted by molar-refractivity contribution is -0.385. The molecule has 1 N–H and O–H groups in total. The molecule has 0 aromatic heterocycles. The summed E-state index contributed by atoms with van der Waals surface area (Å²) in [6.07, 6.45) is 1.47. The minimum Gasteiger partial charge on any atom is -0.379 e. The molecule has 1 heterocycles. The van der Waals surface area contributed by atoms with E-state index in [4.69, 9.17) is 4.18 Å². The second kappa shape index (κ2) is 8.47. The minimum atomic E-state index is -4.31. The number of nitrogens with zero attached hydrogens (tertiary/aromatic N) is 2. The number of rotatable bonds is 5. The third kappa shape index (κ3) is 5.10. The molecule has 0 radical (unpaired) electrons. The van der Waals surface area contributed by atoms with Gasteiger partial charge in [0, 0.05) is 19.1 Å². The Bertz CT molecular complexity index is 1220. The number of amidine groups is 1. The maximum atomic E-state index is 12.5. The molecule has 0 saturated heterocycles. The van der Waals surface area contributed by atoms with Crippen LogP contribution < -0.4 is 9.50 Å². The Balaban J connectivity index is 1.81. The third-order valence-electron chi connectivity index (χ3n) is 3.58. The van der Waals surface area contributed by atoms with Crippen molar-refractivity contribution in [3.05, 3.63) is 69.1 Å². The van der Waals surface area contributed by atoms with Gasteiger partial charge in [-0.2, -0.15) is 13.4 Å². The number of hydrogen-bond acceptors (Lipinski definition) is 8. The van der Waals surface area contributed by atoms with Crippen molar-refractivity contribution >= 4 is 50.6 Å². The molecule has 0 aliphatic carbocycles. The van der Waals surface area contributed by atoms with Gasteiger partial charge in [-0.1, -0.05) is 18.2 Å². The predicted octanol–water partition coefficient (Wildman–Crippen LogP) is 2.47. The first kappa shape index (κ1) is 21.2. The highest BCUT2D eigenvalue weighted by atomic mass is 32.2. The van der Waals surface area contributed by atoms with Crippen LogP contribution in [0, 0.1) is 10.1 Å². The van der Waals surface area contributed by atoms with Crippen LogP contribution in [0.25, 0.3) is 6.08 Å². The first-order valence-corrected chi connectivity index (χ1v) is 10.5. The Morgan fingerprint density at radius 3 is 2.67 bits per heavy atom. The van der Waals surface area contributed by atoms with Crippen molar-refractivity contribution in [3.8, 4) is 5.75 Å². The Hall–Kier alpha value is -3.51.